The van der Waals surface area contributed by atoms with Crippen molar-refractivity contribution in [2.24, 2.45) is 5.41 Å². The van der Waals surface area contributed by atoms with Gasteiger partial charge in [-0.3, -0.25) is 9.59 Å². The molecule has 1 spiro atoms. The number of carbonyl (C=O) groups is 2. The lowest BCUT2D eigenvalue weighted by Gasteiger charge is -2.38. The zero-order chi connectivity index (χ0) is 19.3. The van der Waals surface area contributed by atoms with Gasteiger partial charge in [0.15, 0.2) is 0 Å². The van der Waals surface area contributed by atoms with E-state index in [2.05, 4.69) is 26.6 Å². The third kappa shape index (κ3) is 4.71. The highest BCUT2D eigenvalue weighted by Crippen LogP contribution is 2.35. The summed E-state index contributed by atoms with van der Waals surface area (Å²) in [5, 5.41) is 6.23. The fourth-order valence-electron chi connectivity index (χ4n) is 3.67. The number of fused-ring (bicyclic) bond motifs is 1. The number of hydrogen-bond acceptors (Lipinski definition) is 4. The second-order valence-electron chi connectivity index (χ2n) is 7.14. The van der Waals surface area contributed by atoms with E-state index in [1.165, 1.54) is 0 Å². The highest BCUT2D eigenvalue weighted by atomic mass is 79.9. The molecule has 2 heterocycles. The van der Waals surface area contributed by atoms with E-state index >= 15 is 0 Å². The minimum Gasteiger partial charge on any atom is -0.489 e. The van der Waals surface area contributed by atoms with Crippen molar-refractivity contribution in [1.29, 1.82) is 0 Å². The Hall–Kier alpha value is -1.86. The molecule has 146 valence electrons. The van der Waals surface area contributed by atoms with E-state index in [4.69, 9.17) is 4.74 Å². The van der Waals surface area contributed by atoms with E-state index in [9.17, 15) is 9.59 Å². The molecule has 0 bridgehead atoms. The SMILES string of the molecule is CN1CCNC(=O)c2ccc(Br)cc2OC/C=C\CC2(CCNCC2)C1=O. The van der Waals surface area contributed by atoms with Crippen LogP contribution in [0.3, 0.4) is 0 Å². The summed E-state index contributed by atoms with van der Waals surface area (Å²) in [5.74, 6) is 0.505. The van der Waals surface area contributed by atoms with Gasteiger partial charge in [-0.25, -0.2) is 0 Å². The molecule has 27 heavy (non-hydrogen) atoms. The molecule has 1 aromatic rings. The van der Waals surface area contributed by atoms with Crippen LogP contribution >= 0.6 is 15.9 Å². The van der Waals surface area contributed by atoms with Crippen LogP contribution in [0.1, 0.15) is 29.6 Å². The van der Waals surface area contributed by atoms with Gasteiger partial charge < -0.3 is 20.3 Å². The number of rotatable bonds is 0. The number of allylic oxidation sites excluding steroid dienone is 1. The second kappa shape index (κ2) is 8.89. The predicted octanol–water partition coefficient (Wildman–Crippen LogP) is 2.35. The van der Waals surface area contributed by atoms with Crippen molar-refractivity contribution in [3.8, 4) is 5.75 Å². The fourth-order valence-corrected chi connectivity index (χ4v) is 4.01. The van der Waals surface area contributed by atoms with Gasteiger partial charge in [0.2, 0.25) is 5.91 Å². The Kier molecular flexibility index (Phi) is 6.55. The third-order valence-corrected chi connectivity index (χ3v) is 5.79. The van der Waals surface area contributed by atoms with Crippen LogP contribution in [-0.2, 0) is 4.79 Å². The molecule has 1 saturated heterocycles. The number of amides is 2. The molecule has 0 saturated carbocycles. The molecule has 0 radical (unpaired) electrons. The molecule has 0 unspecified atom stereocenters. The lowest BCUT2D eigenvalue weighted by atomic mass is 9.75. The lowest BCUT2D eigenvalue weighted by molar-refractivity contribution is -0.142. The molecule has 1 fully saturated rings. The summed E-state index contributed by atoms with van der Waals surface area (Å²) in [6, 6.07) is 5.36. The molecular formula is C20H26BrN3O3. The van der Waals surface area contributed by atoms with Crippen molar-refractivity contribution in [2.45, 2.75) is 19.3 Å². The average Bonchev–Trinajstić information content (AvgIpc) is 2.67. The summed E-state index contributed by atoms with van der Waals surface area (Å²) < 4.78 is 6.68. The van der Waals surface area contributed by atoms with Crippen molar-refractivity contribution in [3.05, 3.63) is 40.4 Å². The van der Waals surface area contributed by atoms with Crippen molar-refractivity contribution in [2.75, 3.05) is 39.8 Å². The number of carbonyl (C=O) groups excluding carboxylic acids is 2. The van der Waals surface area contributed by atoms with E-state index in [0.29, 0.717) is 37.4 Å². The van der Waals surface area contributed by atoms with Crippen LogP contribution in [0.5, 0.6) is 5.75 Å². The van der Waals surface area contributed by atoms with Crippen LogP contribution in [0.2, 0.25) is 0 Å². The lowest BCUT2D eigenvalue weighted by Crippen LogP contribution is -2.49. The van der Waals surface area contributed by atoms with Crippen molar-refractivity contribution in [1.82, 2.24) is 15.5 Å². The Bertz CT molecular complexity index is 729. The molecule has 2 aliphatic rings. The van der Waals surface area contributed by atoms with Gasteiger partial charge in [-0.2, -0.15) is 0 Å². The zero-order valence-electron chi connectivity index (χ0n) is 15.6. The van der Waals surface area contributed by atoms with Crippen molar-refractivity contribution >= 4 is 27.7 Å². The van der Waals surface area contributed by atoms with Crippen LogP contribution in [0, 0.1) is 5.41 Å². The van der Waals surface area contributed by atoms with Crippen molar-refractivity contribution < 1.29 is 14.3 Å². The van der Waals surface area contributed by atoms with Gasteiger partial charge >= 0.3 is 0 Å². The summed E-state index contributed by atoms with van der Waals surface area (Å²) >= 11 is 3.42. The number of benzene rings is 1. The number of halogens is 1. The highest BCUT2D eigenvalue weighted by Gasteiger charge is 2.40. The molecular weight excluding hydrogens is 410 g/mol. The Morgan fingerprint density at radius 3 is 2.70 bits per heavy atom. The number of hydrogen-bond donors (Lipinski definition) is 2. The Balaban J connectivity index is 1.83. The molecule has 6 nitrogen and oxygen atoms in total. The van der Waals surface area contributed by atoms with Crippen LogP contribution in [0.25, 0.3) is 0 Å². The monoisotopic (exact) mass is 435 g/mol. The molecule has 2 N–H and O–H groups in total. The van der Waals surface area contributed by atoms with E-state index in [1.54, 1.807) is 17.0 Å². The normalized spacial score (nSPS) is 22.4. The standard InChI is InChI=1S/C20H26BrN3O3/c1-24-12-11-23-18(25)16-5-4-15(21)14-17(16)27-13-3-2-6-20(19(24)26)7-9-22-10-8-20/h2-5,14,22H,6-13H2,1H3,(H,23,25)/b3-2-. The molecule has 2 amide bonds. The Labute approximate surface area is 168 Å². The number of nitrogens with zero attached hydrogens (tertiary/aromatic N) is 1. The van der Waals surface area contributed by atoms with E-state index in [0.717, 1.165) is 30.4 Å². The summed E-state index contributed by atoms with van der Waals surface area (Å²) in [6.45, 7) is 2.94. The summed E-state index contributed by atoms with van der Waals surface area (Å²) in [4.78, 5) is 27.4. The number of likely N-dealkylation sites (N-methyl/N-ethyl adjacent to an activating group) is 1. The largest absolute Gasteiger partial charge is 0.489 e. The molecule has 7 heteroatoms. The first-order valence-corrected chi connectivity index (χ1v) is 10.1. The first-order chi connectivity index (χ1) is 13.0. The van der Waals surface area contributed by atoms with Gasteiger partial charge in [-0.1, -0.05) is 28.1 Å². The first-order valence-electron chi connectivity index (χ1n) is 9.34. The molecule has 2 aliphatic heterocycles. The minimum absolute atomic E-state index is 0.158. The van der Waals surface area contributed by atoms with Gasteiger partial charge in [-0.15, -0.1) is 0 Å². The van der Waals surface area contributed by atoms with Crippen LogP contribution in [0.4, 0.5) is 0 Å². The van der Waals surface area contributed by atoms with E-state index < -0.39 is 0 Å². The summed E-state index contributed by atoms with van der Waals surface area (Å²) in [6.07, 6.45) is 6.33. The smallest absolute Gasteiger partial charge is 0.255 e. The van der Waals surface area contributed by atoms with Crippen molar-refractivity contribution in [3.63, 3.8) is 0 Å². The van der Waals surface area contributed by atoms with Gasteiger partial charge in [0.25, 0.3) is 5.91 Å². The zero-order valence-corrected chi connectivity index (χ0v) is 17.2. The highest BCUT2D eigenvalue weighted by molar-refractivity contribution is 9.10. The predicted molar refractivity (Wildman–Crippen MR) is 108 cm³/mol. The van der Waals surface area contributed by atoms with Gasteiger partial charge in [0.05, 0.1) is 11.0 Å². The summed E-state index contributed by atoms with van der Waals surface area (Å²) in [5.41, 5.74) is 0.124. The van der Waals surface area contributed by atoms with E-state index in [1.807, 2.05) is 25.3 Å². The van der Waals surface area contributed by atoms with E-state index in [-0.39, 0.29) is 17.2 Å². The molecule has 0 aromatic heterocycles. The van der Waals surface area contributed by atoms with Crippen LogP contribution in [-0.4, -0.2) is 56.5 Å². The summed E-state index contributed by atoms with van der Waals surface area (Å²) in [7, 11) is 1.82. The Morgan fingerprint density at radius 2 is 1.93 bits per heavy atom. The average molecular weight is 436 g/mol. The first kappa shape index (κ1) is 19.9. The molecule has 3 rings (SSSR count). The number of piperidine rings is 1. The number of ether oxygens (including phenoxy) is 1. The third-order valence-electron chi connectivity index (χ3n) is 5.29. The maximum absolute atomic E-state index is 13.1. The Morgan fingerprint density at radius 1 is 1.15 bits per heavy atom. The van der Waals surface area contributed by atoms with Crippen LogP contribution < -0.4 is 15.4 Å². The molecule has 1 aromatic carbocycles. The quantitative estimate of drug-likeness (QED) is 0.613. The fraction of sp³-hybridized carbons (Fsp3) is 0.500. The minimum atomic E-state index is -0.369. The molecule has 0 aliphatic carbocycles. The van der Waals surface area contributed by atoms with Gasteiger partial charge in [0, 0.05) is 24.6 Å². The maximum atomic E-state index is 13.1. The molecule has 0 atom stereocenters. The maximum Gasteiger partial charge on any atom is 0.255 e. The van der Waals surface area contributed by atoms with Gasteiger partial charge in [-0.05, 0) is 50.6 Å². The second-order valence-corrected chi connectivity index (χ2v) is 8.06. The van der Waals surface area contributed by atoms with Gasteiger partial charge in [0.1, 0.15) is 12.4 Å². The topological polar surface area (TPSA) is 70.7 Å². The number of nitrogens with one attached hydrogen (secondary N) is 2. The van der Waals surface area contributed by atoms with Crippen LogP contribution in [0.15, 0.2) is 34.8 Å².